The van der Waals surface area contributed by atoms with Gasteiger partial charge in [0.1, 0.15) is 5.66 Å². The maximum absolute atomic E-state index is 13.5. The molecule has 0 fully saturated rings. The summed E-state index contributed by atoms with van der Waals surface area (Å²) in [4.78, 5) is 2.43. The van der Waals surface area contributed by atoms with E-state index in [1.807, 2.05) is 31.2 Å². The average molecular weight is 450 g/mol. The quantitative estimate of drug-likeness (QED) is 0.479. The number of fused-ring (bicyclic) bond motifs is 1. The molecule has 2 aromatic rings. The molecular formula is C21H27N2O5PS. The lowest BCUT2D eigenvalue weighted by atomic mass is 9.90. The third-order valence-corrected chi connectivity index (χ3v) is 8.64. The summed E-state index contributed by atoms with van der Waals surface area (Å²) in [7, 11) is -7.41. The highest BCUT2D eigenvalue weighted by atomic mass is 32.2. The molecular weight excluding hydrogens is 423 g/mol. The van der Waals surface area contributed by atoms with Crippen LogP contribution in [0.2, 0.25) is 0 Å². The molecule has 0 amide bonds. The standard InChI is InChI=1S/C21H27N2O5PS/c1-4-27-29(24,28-5-2)20-15-12-17-8-6-7-9-19(17)21(20)22-23-30(25,26)18-13-10-16(3)11-14-18/h6-11,13-14,20,23H,4-5,12,15H2,1-3H3/b22-21+. The Hall–Kier alpha value is -1.99. The number of sulfonamides is 1. The van der Waals surface area contributed by atoms with Crippen molar-refractivity contribution < 1.29 is 22.0 Å². The SMILES string of the molecule is CCOP(=O)(OCC)C1CCc2ccccc2/C1=N\NS(=O)(=O)c1ccc(C)cc1. The Balaban J connectivity index is 2.03. The van der Waals surface area contributed by atoms with Crippen molar-refractivity contribution in [2.45, 2.75) is 44.2 Å². The molecule has 0 radical (unpaired) electrons. The van der Waals surface area contributed by atoms with Crippen molar-refractivity contribution in [2.75, 3.05) is 13.2 Å². The Morgan fingerprint density at radius 2 is 1.70 bits per heavy atom. The summed E-state index contributed by atoms with van der Waals surface area (Å²) < 4.78 is 50.1. The topological polar surface area (TPSA) is 94.1 Å². The van der Waals surface area contributed by atoms with Crippen LogP contribution < -0.4 is 4.83 Å². The second-order valence-corrected chi connectivity index (χ2v) is 10.9. The van der Waals surface area contributed by atoms with E-state index in [1.165, 1.54) is 12.1 Å². The molecule has 30 heavy (non-hydrogen) atoms. The minimum Gasteiger partial charge on any atom is -0.308 e. The van der Waals surface area contributed by atoms with Crippen LogP contribution in [-0.4, -0.2) is 33.0 Å². The number of nitrogens with zero attached hydrogens (tertiary/aromatic N) is 1. The van der Waals surface area contributed by atoms with E-state index in [9.17, 15) is 13.0 Å². The Morgan fingerprint density at radius 3 is 2.33 bits per heavy atom. The van der Waals surface area contributed by atoms with Crippen molar-refractivity contribution in [3.05, 3.63) is 65.2 Å². The van der Waals surface area contributed by atoms with E-state index in [0.29, 0.717) is 18.6 Å². The van der Waals surface area contributed by atoms with Gasteiger partial charge in [-0.1, -0.05) is 42.0 Å². The summed E-state index contributed by atoms with van der Waals surface area (Å²) >= 11 is 0. The van der Waals surface area contributed by atoms with Crippen molar-refractivity contribution >= 4 is 23.3 Å². The highest BCUT2D eigenvalue weighted by Gasteiger charge is 2.42. The van der Waals surface area contributed by atoms with E-state index in [1.54, 1.807) is 26.0 Å². The number of hydrogen-bond acceptors (Lipinski definition) is 6. The lowest BCUT2D eigenvalue weighted by Crippen LogP contribution is -2.33. The number of nitrogens with one attached hydrogen (secondary N) is 1. The zero-order valence-electron chi connectivity index (χ0n) is 17.4. The van der Waals surface area contributed by atoms with Crippen LogP contribution in [0.4, 0.5) is 0 Å². The summed E-state index contributed by atoms with van der Waals surface area (Å²) in [6.07, 6.45) is 1.16. The van der Waals surface area contributed by atoms with Crippen molar-refractivity contribution in [3.63, 3.8) is 0 Å². The van der Waals surface area contributed by atoms with Gasteiger partial charge in [0.2, 0.25) is 0 Å². The fourth-order valence-electron chi connectivity index (χ4n) is 3.50. The maximum Gasteiger partial charge on any atom is 0.339 e. The van der Waals surface area contributed by atoms with Crippen LogP contribution in [0.25, 0.3) is 0 Å². The van der Waals surface area contributed by atoms with Gasteiger partial charge in [0.15, 0.2) is 0 Å². The van der Waals surface area contributed by atoms with Gasteiger partial charge >= 0.3 is 7.60 Å². The van der Waals surface area contributed by atoms with Crippen molar-refractivity contribution in [3.8, 4) is 0 Å². The van der Waals surface area contributed by atoms with Crippen molar-refractivity contribution in [2.24, 2.45) is 5.10 Å². The van der Waals surface area contributed by atoms with E-state index in [-0.39, 0.29) is 18.1 Å². The molecule has 1 aliphatic rings. The van der Waals surface area contributed by atoms with E-state index >= 15 is 0 Å². The van der Waals surface area contributed by atoms with Gasteiger partial charge < -0.3 is 9.05 Å². The molecule has 0 aromatic heterocycles. The van der Waals surface area contributed by atoms with Crippen LogP contribution in [0.3, 0.4) is 0 Å². The molecule has 162 valence electrons. The molecule has 0 saturated carbocycles. The van der Waals surface area contributed by atoms with Gasteiger partial charge in [-0.05, 0) is 51.3 Å². The predicted octanol–water partition coefficient (Wildman–Crippen LogP) is 4.26. The highest BCUT2D eigenvalue weighted by Crippen LogP contribution is 2.56. The van der Waals surface area contributed by atoms with Gasteiger partial charge in [0, 0.05) is 5.56 Å². The van der Waals surface area contributed by atoms with Crippen LogP contribution in [-0.2, 0) is 30.1 Å². The van der Waals surface area contributed by atoms with Crippen LogP contribution in [0.5, 0.6) is 0 Å². The normalized spacial score (nSPS) is 18.2. The first kappa shape index (κ1) is 22.7. The minimum atomic E-state index is -3.88. The average Bonchev–Trinajstić information content (AvgIpc) is 2.72. The zero-order valence-corrected chi connectivity index (χ0v) is 19.1. The van der Waals surface area contributed by atoms with Crippen LogP contribution in [0.1, 0.15) is 37.0 Å². The Bertz CT molecular complexity index is 1060. The molecule has 0 saturated heterocycles. The molecule has 1 atom stereocenters. The Kier molecular flexibility index (Phi) is 7.14. The maximum atomic E-state index is 13.5. The smallest absolute Gasteiger partial charge is 0.308 e. The number of hydrogen-bond donors (Lipinski definition) is 1. The molecule has 7 nitrogen and oxygen atoms in total. The zero-order chi connectivity index (χ0) is 21.8. The second kappa shape index (κ2) is 9.43. The monoisotopic (exact) mass is 450 g/mol. The van der Waals surface area contributed by atoms with Gasteiger partial charge in [-0.25, -0.2) is 0 Å². The third-order valence-electron chi connectivity index (χ3n) is 4.91. The third kappa shape index (κ3) is 4.83. The molecule has 1 aliphatic carbocycles. The molecule has 0 aliphatic heterocycles. The molecule has 1 N–H and O–H groups in total. The summed E-state index contributed by atoms with van der Waals surface area (Å²) in [5.41, 5.74) is 2.43. The lowest BCUT2D eigenvalue weighted by molar-refractivity contribution is 0.215. The van der Waals surface area contributed by atoms with Crippen molar-refractivity contribution in [1.29, 1.82) is 0 Å². The van der Waals surface area contributed by atoms with E-state index in [4.69, 9.17) is 9.05 Å². The summed E-state index contributed by atoms with van der Waals surface area (Å²) in [5.74, 6) is 0. The molecule has 0 bridgehead atoms. The molecule has 0 heterocycles. The van der Waals surface area contributed by atoms with Gasteiger partial charge in [-0.2, -0.15) is 18.4 Å². The molecule has 2 aromatic carbocycles. The summed E-state index contributed by atoms with van der Waals surface area (Å²) in [6.45, 7) is 5.82. The van der Waals surface area contributed by atoms with Crippen LogP contribution in [0.15, 0.2) is 58.5 Å². The fourth-order valence-corrected chi connectivity index (χ4v) is 6.41. The first-order valence-electron chi connectivity index (χ1n) is 9.94. The van der Waals surface area contributed by atoms with Gasteiger partial charge in [-0.3, -0.25) is 4.57 Å². The summed E-state index contributed by atoms with van der Waals surface area (Å²) in [5, 5.41) is 4.25. The first-order chi connectivity index (χ1) is 14.3. The summed E-state index contributed by atoms with van der Waals surface area (Å²) in [6, 6.07) is 14.1. The lowest BCUT2D eigenvalue weighted by Gasteiger charge is -2.31. The Labute approximate surface area is 178 Å². The van der Waals surface area contributed by atoms with E-state index in [2.05, 4.69) is 9.93 Å². The largest absolute Gasteiger partial charge is 0.339 e. The van der Waals surface area contributed by atoms with Crippen molar-refractivity contribution in [1.82, 2.24) is 4.83 Å². The van der Waals surface area contributed by atoms with Crippen LogP contribution in [0, 0.1) is 6.92 Å². The highest BCUT2D eigenvalue weighted by molar-refractivity contribution is 7.89. The van der Waals surface area contributed by atoms with Crippen LogP contribution >= 0.6 is 7.60 Å². The predicted molar refractivity (Wildman–Crippen MR) is 117 cm³/mol. The molecule has 9 heteroatoms. The Morgan fingerprint density at radius 1 is 1.07 bits per heavy atom. The second-order valence-electron chi connectivity index (χ2n) is 6.99. The fraction of sp³-hybridized carbons (Fsp3) is 0.381. The van der Waals surface area contributed by atoms with E-state index in [0.717, 1.165) is 16.7 Å². The van der Waals surface area contributed by atoms with E-state index < -0.39 is 23.3 Å². The van der Waals surface area contributed by atoms with Gasteiger partial charge in [0.05, 0.1) is 23.8 Å². The van der Waals surface area contributed by atoms with Gasteiger partial charge in [0.25, 0.3) is 10.0 Å². The molecule has 0 spiro atoms. The number of rotatable bonds is 8. The number of benzene rings is 2. The van der Waals surface area contributed by atoms with Gasteiger partial charge in [-0.15, -0.1) is 0 Å². The first-order valence-corrected chi connectivity index (χ1v) is 13.0. The number of hydrazone groups is 1. The number of aryl methyl sites for hydroxylation is 2. The minimum absolute atomic E-state index is 0.107. The molecule has 1 unspecified atom stereocenters. The molecule has 3 rings (SSSR count).